The van der Waals surface area contributed by atoms with Gasteiger partial charge in [0.25, 0.3) is 11.6 Å². The van der Waals surface area contributed by atoms with Gasteiger partial charge in [-0.05, 0) is 25.3 Å². The third-order valence-electron chi connectivity index (χ3n) is 3.58. The highest BCUT2D eigenvalue weighted by Crippen LogP contribution is 2.25. The van der Waals surface area contributed by atoms with Crippen molar-refractivity contribution in [2.24, 2.45) is 11.7 Å². The molecule has 1 aromatic rings. The van der Waals surface area contributed by atoms with Crippen LogP contribution >= 0.6 is 11.6 Å². The second-order valence-electron chi connectivity index (χ2n) is 6.48. The molecule has 0 heterocycles. The Morgan fingerprint density at radius 1 is 1.40 bits per heavy atom. The molecule has 0 aliphatic carbocycles. The van der Waals surface area contributed by atoms with Crippen molar-refractivity contribution in [1.82, 2.24) is 10.6 Å². The molecule has 0 saturated carbocycles. The summed E-state index contributed by atoms with van der Waals surface area (Å²) in [6.45, 7) is 5.76. The zero-order valence-corrected chi connectivity index (χ0v) is 15.2. The van der Waals surface area contributed by atoms with Crippen LogP contribution in [-0.4, -0.2) is 35.4 Å². The summed E-state index contributed by atoms with van der Waals surface area (Å²) in [6.07, 6.45) is 0.680. The van der Waals surface area contributed by atoms with Gasteiger partial charge in [0.1, 0.15) is 5.56 Å². The molecule has 2 amide bonds. The quantitative estimate of drug-likeness (QED) is 0.475. The molecule has 0 radical (unpaired) electrons. The highest BCUT2D eigenvalue weighted by molar-refractivity contribution is 6.34. The molecule has 0 aliphatic heterocycles. The lowest BCUT2D eigenvalue weighted by Crippen LogP contribution is -2.54. The molecule has 4 N–H and O–H groups in total. The smallest absolute Gasteiger partial charge is 0.283 e. The molecule has 0 aromatic heterocycles. The van der Waals surface area contributed by atoms with E-state index in [0.29, 0.717) is 12.3 Å². The van der Waals surface area contributed by atoms with E-state index in [1.165, 1.54) is 18.2 Å². The number of amides is 2. The normalized spacial score (nSPS) is 13.2. The van der Waals surface area contributed by atoms with Gasteiger partial charge in [0.05, 0.1) is 16.5 Å². The number of rotatable bonds is 8. The number of hydrogen-bond acceptors (Lipinski definition) is 5. The molecule has 1 atom stereocenters. The first-order chi connectivity index (χ1) is 11.6. The number of nitrogens with two attached hydrogens (primary N) is 1. The van der Waals surface area contributed by atoms with Crippen LogP contribution in [0, 0.1) is 16.0 Å². The first-order valence-electron chi connectivity index (χ1n) is 7.82. The van der Waals surface area contributed by atoms with Crippen molar-refractivity contribution in [3.05, 3.63) is 38.9 Å². The molecule has 9 heteroatoms. The van der Waals surface area contributed by atoms with Crippen molar-refractivity contribution in [3.8, 4) is 0 Å². The average Bonchev–Trinajstić information content (AvgIpc) is 2.51. The number of nitro benzene ring substituents is 1. The topological polar surface area (TPSA) is 127 Å². The summed E-state index contributed by atoms with van der Waals surface area (Å²) in [7, 11) is 0. The second-order valence-corrected chi connectivity index (χ2v) is 6.89. The van der Waals surface area contributed by atoms with Crippen LogP contribution in [-0.2, 0) is 4.79 Å². The Labute approximate surface area is 151 Å². The standard InChI is InChI=1S/C16H23ClN4O4/c1-10(2)7-16(3,9-18)20-13(22)8-19-15(23)14-11(17)5-4-6-12(14)21(24)25/h4-6,10H,7-9,18H2,1-3H3,(H,19,23)(H,20,22). The molecule has 0 spiro atoms. The number of hydrogen-bond donors (Lipinski definition) is 3. The molecular formula is C16H23ClN4O4. The Kier molecular flexibility index (Phi) is 7.32. The lowest BCUT2D eigenvalue weighted by molar-refractivity contribution is -0.385. The van der Waals surface area contributed by atoms with Gasteiger partial charge in [0, 0.05) is 18.2 Å². The van der Waals surface area contributed by atoms with E-state index < -0.39 is 28.0 Å². The van der Waals surface area contributed by atoms with E-state index in [4.69, 9.17) is 17.3 Å². The highest BCUT2D eigenvalue weighted by Gasteiger charge is 2.27. The van der Waals surface area contributed by atoms with Crippen LogP contribution in [0.3, 0.4) is 0 Å². The van der Waals surface area contributed by atoms with E-state index in [-0.39, 0.29) is 23.7 Å². The minimum atomic E-state index is -0.786. The Balaban J connectivity index is 2.77. The monoisotopic (exact) mass is 370 g/mol. The predicted octanol–water partition coefficient (Wildman–Crippen LogP) is 1.86. The van der Waals surface area contributed by atoms with E-state index >= 15 is 0 Å². The number of nitro groups is 1. The maximum atomic E-state index is 12.2. The van der Waals surface area contributed by atoms with Crippen molar-refractivity contribution in [2.45, 2.75) is 32.7 Å². The molecule has 1 aromatic carbocycles. The summed E-state index contributed by atoms with van der Waals surface area (Å²) >= 11 is 5.89. The van der Waals surface area contributed by atoms with E-state index in [0.717, 1.165) is 0 Å². The van der Waals surface area contributed by atoms with Crippen molar-refractivity contribution in [1.29, 1.82) is 0 Å². The van der Waals surface area contributed by atoms with E-state index in [1.807, 2.05) is 20.8 Å². The SMILES string of the molecule is CC(C)CC(C)(CN)NC(=O)CNC(=O)c1c(Cl)cccc1[N+](=O)[O-]. The Hall–Kier alpha value is -2.19. The molecule has 1 rings (SSSR count). The number of carbonyl (C=O) groups excluding carboxylic acids is 2. The first kappa shape index (κ1) is 20.9. The fourth-order valence-corrected chi connectivity index (χ4v) is 2.86. The van der Waals surface area contributed by atoms with Crippen LogP contribution in [0.15, 0.2) is 18.2 Å². The zero-order valence-electron chi connectivity index (χ0n) is 14.5. The van der Waals surface area contributed by atoms with Gasteiger partial charge in [-0.3, -0.25) is 19.7 Å². The Bertz CT molecular complexity index is 666. The molecule has 138 valence electrons. The van der Waals surface area contributed by atoms with Crippen LogP contribution in [0.1, 0.15) is 37.6 Å². The van der Waals surface area contributed by atoms with Crippen LogP contribution in [0.5, 0.6) is 0 Å². The van der Waals surface area contributed by atoms with Crippen molar-refractivity contribution in [2.75, 3.05) is 13.1 Å². The van der Waals surface area contributed by atoms with Gasteiger partial charge in [0.2, 0.25) is 5.91 Å². The molecule has 0 saturated heterocycles. The number of carbonyl (C=O) groups is 2. The van der Waals surface area contributed by atoms with Crippen LogP contribution in [0.2, 0.25) is 5.02 Å². The van der Waals surface area contributed by atoms with E-state index in [9.17, 15) is 19.7 Å². The highest BCUT2D eigenvalue weighted by atomic mass is 35.5. The maximum Gasteiger partial charge on any atom is 0.283 e. The van der Waals surface area contributed by atoms with Gasteiger partial charge in [-0.1, -0.05) is 31.5 Å². The molecule has 1 unspecified atom stereocenters. The molecule has 8 nitrogen and oxygen atoms in total. The van der Waals surface area contributed by atoms with Gasteiger partial charge >= 0.3 is 0 Å². The summed E-state index contributed by atoms with van der Waals surface area (Å²) in [4.78, 5) is 34.6. The molecular weight excluding hydrogens is 348 g/mol. The molecule has 0 fully saturated rings. The largest absolute Gasteiger partial charge is 0.348 e. The van der Waals surface area contributed by atoms with Gasteiger partial charge in [-0.15, -0.1) is 0 Å². The Morgan fingerprint density at radius 3 is 2.56 bits per heavy atom. The second kappa shape index (κ2) is 8.77. The number of nitrogens with zero attached hydrogens (tertiary/aromatic N) is 1. The van der Waals surface area contributed by atoms with E-state index in [2.05, 4.69) is 10.6 Å². The maximum absolute atomic E-state index is 12.2. The number of benzene rings is 1. The third-order valence-corrected chi connectivity index (χ3v) is 3.89. The first-order valence-corrected chi connectivity index (χ1v) is 8.19. The van der Waals surface area contributed by atoms with Crippen LogP contribution in [0.4, 0.5) is 5.69 Å². The zero-order chi connectivity index (χ0) is 19.2. The summed E-state index contributed by atoms with van der Waals surface area (Å²) in [6, 6.07) is 3.93. The fraction of sp³-hybridized carbons (Fsp3) is 0.500. The lowest BCUT2D eigenvalue weighted by Gasteiger charge is -2.31. The molecule has 25 heavy (non-hydrogen) atoms. The predicted molar refractivity (Wildman–Crippen MR) is 95.5 cm³/mol. The van der Waals surface area contributed by atoms with Gasteiger partial charge < -0.3 is 16.4 Å². The van der Waals surface area contributed by atoms with Crippen LogP contribution < -0.4 is 16.4 Å². The number of halogens is 1. The molecule has 0 bridgehead atoms. The summed E-state index contributed by atoms with van der Waals surface area (Å²) in [5.41, 5.74) is 4.45. The van der Waals surface area contributed by atoms with Crippen molar-refractivity contribution >= 4 is 29.1 Å². The van der Waals surface area contributed by atoms with Gasteiger partial charge in [0.15, 0.2) is 0 Å². The number of nitrogens with one attached hydrogen (secondary N) is 2. The third kappa shape index (κ3) is 5.99. The molecule has 0 aliphatic rings. The minimum Gasteiger partial charge on any atom is -0.348 e. The van der Waals surface area contributed by atoms with Gasteiger partial charge in [-0.2, -0.15) is 0 Å². The van der Waals surface area contributed by atoms with Crippen molar-refractivity contribution in [3.63, 3.8) is 0 Å². The minimum absolute atomic E-state index is 0.0567. The van der Waals surface area contributed by atoms with Crippen LogP contribution in [0.25, 0.3) is 0 Å². The fourth-order valence-electron chi connectivity index (χ4n) is 2.61. The van der Waals surface area contributed by atoms with E-state index in [1.54, 1.807) is 0 Å². The van der Waals surface area contributed by atoms with Gasteiger partial charge in [-0.25, -0.2) is 0 Å². The summed E-state index contributed by atoms with van der Waals surface area (Å²) in [5.74, 6) is -0.892. The van der Waals surface area contributed by atoms with Crippen molar-refractivity contribution < 1.29 is 14.5 Å². The summed E-state index contributed by atoms with van der Waals surface area (Å²) in [5, 5.41) is 16.1. The Morgan fingerprint density at radius 2 is 2.04 bits per heavy atom. The summed E-state index contributed by atoms with van der Waals surface area (Å²) < 4.78 is 0. The lowest BCUT2D eigenvalue weighted by atomic mass is 9.91. The average molecular weight is 371 g/mol.